The van der Waals surface area contributed by atoms with E-state index in [9.17, 15) is 23.1 Å². The van der Waals surface area contributed by atoms with E-state index in [0.29, 0.717) is 30.9 Å². The number of alkyl halides is 3. The molecular weight excluding hydrogens is 427 g/mol. The molecule has 1 aromatic carbocycles. The predicted molar refractivity (Wildman–Crippen MR) is 110 cm³/mol. The molecule has 0 bridgehead atoms. The van der Waals surface area contributed by atoms with Gasteiger partial charge < -0.3 is 19.9 Å². The van der Waals surface area contributed by atoms with Crippen molar-refractivity contribution in [2.45, 2.75) is 38.3 Å². The molecule has 2 heterocycles. The van der Waals surface area contributed by atoms with E-state index in [0.717, 1.165) is 24.0 Å². The average molecular weight is 449 g/mol. The number of benzene rings is 1. The van der Waals surface area contributed by atoms with Crippen molar-refractivity contribution in [3.63, 3.8) is 0 Å². The predicted octanol–water partition coefficient (Wildman–Crippen LogP) is 4.93. The minimum absolute atomic E-state index is 0.0227. The molecule has 2 aromatic rings. The number of ether oxygens (including phenoxy) is 2. The van der Waals surface area contributed by atoms with Gasteiger partial charge >= 0.3 is 12.1 Å². The Morgan fingerprint density at radius 2 is 2.12 bits per heavy atom. The molecule has 0 unspecified atom stereocenters. The van der Waals surface area contributed by atoms with Crippen molar-refractivity contribution in [1.82, 2.24) is 9.97 Å². The Morgan fingerprint density at radius 3 is 2.78 bits per heavy atom. The van der Waals surface area contributed by atoms with Crippen LogP contribution < -0.4 is 10.1 Å². The second kappa shape index (κ2) is 8.78. The van der Waals surface area contributed by atoms with E-state index < -0.39 is 18.8 Å². The van der Waals surface area contributed by atoms with Crippen LogP contribution in [0.3, 0.4) is 0 Å². The molecule has 1 aliphatic carbocycles. The first-order valence-corrected chi connectivity index (χ1v) is 10.2. The minimum atomic E-state index is -4.54. The Morgan fingerprint density at radius 1 is 1.34 bits per heavy atom. The zero-order valence-corrected chi connectivity index (χ0v) is 17.3. The summed E-state index contributed by atoms with van der Waals surface area (Å²) in [5.41, 5.74) is 2.71. The number of hydrogen-bond acceptors (Lipinski definition) is 6. The van der Waals surface area contributed by atoms with Gasteiger partial charge in [-0.1, -0.05) is 12.1 Å². The van der Waals surface area contributed by atoms with Crippen molar-refractivity contribution < 1.29 is 32.5 Å². The SMILES string of the molecule is CC1=C(c2cccc(Nc3ncc(C4CC4)nc3C(=O)O)c2OCC(F)(F)F)CCOC1. The summed E-state index contributed by atoms with van der Waals surface area (Å²) in [7, 11) is 0. The molecule has 1 aliphatic heterocycles. The maximum absolute atomic E-state index is 13.0. The Hall–Kier alpha value is -3.14. The summed E-state index contributed by atoms with van der Waals surface area (Å²) in [6, 6.07) is 4.87. The van der Waals surface area contributed by atoms with Crippen molar-refractivity contribution in [2.24, 2.45) is 0 Å². The van der Waals surface area contributed by atoms with Gasteiger partial charge in [0.15, 0.2) is 23.9 Å². The summed E-state index contributed by atoms with van der Waals surface area (Å²) >= 11 is 0. The molecule has 2 aliphatic rings. The molecular formula is C22H22F3N3O4. The zero-order valence-electron chi connectivity index (χ0n) is 17.3. The van der Waals surface area contributed by atoms with Gasteiger partial charge in [-0.2, -0.15) is 13.2 Å². The number of carbonyl (C=O) groups is 1. The van der Waals surface area contributed by atoms with Crippen molar-refractivity contribution in [3.05, 3.63) is 46.9 Å². The molecule has 0 atom stereocenters. The fraction of sp³-hybridized carbons (Fsp3) is 0.409. The Kier molecular flexibility index (Phi) is 6.05. The first-order chi connectivity index (χ1) is 15.2. The molecule has 0 saturated heterocycles. The largest absolute Gasteiger partial charge is 0.481 e. The van der Waals surface area contributed by atoms with Gasteiger partial charge in [-0.05, 0) is 43.4 Å². The van der Waals surface area contributed by atoms with E-state index in [1.165, 1.54) is 12.3 Å². The first kappa shape index (κ1) is 22.1. The van der Waals surface area contributed by atoms with Crippen LogP contribution in [0, 0.1) is 0 Å². The Balaban J connectivity index is 1.75. The number of anilines is 2. The van der Waals surface area contributed by atoms with Crippen LogP contribution in [0.2, 0.25) is 0 Å². The topological polar surface area (TPSA) is 93.6 Å². The van der Waals surface area contributed by atoms with Crippen molar-refractivity contribution in [3.8, 4) is 5.75 Å². The quantitative estimate of drug-likeness (QED) is 0.619. The fourth-order valence-corrected chi connectivity index (χ4v) is 3.59. The van der Waals surface area contributed by atoms with Gasteiger partial charge in [-0.15, -0.1) is 0 Å². The van der Waals surface area contributed by atoms with E-state index in [2.05, 4.69) is 15.3 Å². The monoisotopic (exact) mass is 449 g/mol. The molecule has 0 radical (unpaired) electrons. The highest BCUT2D eigenvalue weighted by Gasteiger charge is 2.31. The van der Waals surface area contributed by atoms with Crippen molar-refractivity contribution >= 4 is 23.0 Å². The molecule has 7 nitrogen and oxygen atoms in total. The normalized spacial score (nSPS) is 16.8. The lowest BCUT2D eigenvalue weighted by Crippen LogP contribution is -2.21. The van der Waals surface area contributed by atoms with Crippen LogP contribution in [0.25, 0.3) is 5.57 Å². The zero-order chi connectivity index (χ0) is 22.9. The number of rotatable bonds is 7. The van der Waals surface area contributed by atoms with Crippen molar-refractivity contribution in [2.75, 3.05) is 25.1 Å². The highest BCUT2D eigenvalue weighted by atomic mass is 19.4. The van der Waals surface area contributed by atoms with Crippen LogP contribution in [-0.2, 0) is 4.74 Å². The molecule has 1 fully saturated rings. The third-order valence-electron chi connectivity index (χ3n) is 5.29. The maximum Gasteiger partial charge on any atom is 0.422 e. The van der Waals surface area contributed by atoms with Gasteiger partial charge in [0, 0.05) is 11.5 Å². The third-order valence-corrected chi connectivity index (χ3v) is 5.29. The Labute approximate surface area is 182 Å². The molecule has 170 valence electrons. The second-order valence-electron chi connectivity index (χ2n) is 7.84. The highest BCUT2D eigenvalue weighted by Crippen LogP contribution is 2.41. The lowest BCUT2D eigenvalue weighted by molar-refractivity contribution is -0.153. The number of para-hydroxylation sites is 1. The number of halogens is 3. The van der Waals surface area contributed by atoms with Crippen molar-refractivity contribution in [1.29, 1.82) is 0 Å². The number of nitrogens with one attached hydrogen (secondary N) is 1. The molecule has 1 saturated carbocycles. The van der Waals surface area contributed by atoms with Crippen LogP contribution in [0.4, 0.5) is 24.7 Å². The molecule has 2 N–H and O–H groups in total. The van der Waals surface area contributed by atoms with Gasteiger partial charge in [-0.25, -0.2) is 14.8 Å². The lowest BCUT2D eigenvalue weighted by atomic mass is 9.95. The molecule has 4 rings (SSSR count). The van der Waals surface area contributed by atoms with Gasteiger partial charge in [-0.3, -0.25) is 0 Å². The summed E-state index contributed by atoms with van der Waals surface area (Å²) in [6.07, 6.45) is -0.667. The Bertz CT molecular complexity index is 1060. The number of hydrogen-bond donors (Lipinski definition) is 2. The summed E-state index contributed by atoms with van der Waals surface area (Å²) in [5, 5.41) is 12.4. The molecule has 32 heavy (non-hydrogen) atoms. The molecule has 10 heteroatoms. The summed E-state index contributed by atoms with van der Waals surface area (Å²) < 4.78 is 49.5. The van der Waals surface area contributed by atoms with E-state index in [1.54, 1.807) is 12.1 Å². The number of carboxylic acid groups (broad SMARTS) is 1. The van der Waals surface area contributed by atoms with Crippen LogP contribution in [0.5, 0.6) is 5.75 Å². The first-order valence-electron chi connectivity index (χ1n) is 10.2. The smallest absolute Gasteiger partial charge is 0.422 e. The average Bonchev–Trinajstić information content (AvgIpc) is 3.58. The summed E-state index contributed by atoms with van der Waals surface area (Å²) in [5.74, 6) is -1.16. The van der Waals surface area contributed by atoms with E-state index in [-0.39, 0.29) is 28.9 Å². The van der Waals surface area contributed by atoms with Crippen LogP contribution in [0.1, 0.15) is 53.8 Å². The third kappa shape index (κ3) is 5.01. The fourth-order valence-electron chi connectivity index (χ4n) is 3.59. The molecule has 0 amide bonds. The second-order valence-corrected chi connectivity index (χ2v) is 7.84. The maximum atomic E-state index is 13.0. The number of aromatic nitrogens is 2. The number of nitrogens with zero attached hydrogens (tertiary/aromatic N) is 2. The number of carboxylic acids is 1. The standard InChI is InChI=1S/C22H22F3N3O4/c1-12-10-31-8-7-14(12)15-3-2-4-16(19(15)32-11-22(23,24)25)28-20-18(21(29)30)27-17(9-26-20)13-5-6-13/h2-4,9,13H,5-8,10-11H2,1H3,(H,26,28)(H,29,30). The van der Waals surface area contributed by atoms with Crippen LogP contribution in [-0.4, -0.2) is 47.0 Å². The van der Waals surface area contributed by atoms with E-state index in [4.69, 9.17) is 9.47 Å². The molecule has 1 aromatic heterocycles. The van der Waals surface area contributed by atoms with Gasteiger partial charge in [0.1, 0.15) is 0 Å². The highest BCUT2D eigenvalue weighted by molar-refractivity contribution is 5.92. The summed E-state index contributed by atoms with van der Waals surface area (Å²) in [4.78, 5) is 20.2. The van der Waals surface area contributed by atoms with E-state index in [1.807, 2.05) is 6.92 Å². The summed E-state index contributed by atoms with van der Waals surface area (Å²) in [6.45, 7) is 1.19. The number of aromatic carboxylic acids is 1. The van der Waals surface area contributed by atoms with Gasteiger partial charge in [0.2, 0.25) is 0 Å². The minimum Gasteiger partial charge on any atom is -0.481 e. The lowest BCUT2D eigenvalue weighted by Gasteiger charge is -2.23. The van der Waals surface area contributed by atoms with Gasteiger partial charge in [0.25, 0.3) is 0 Å². The van der Waals surface area contributed by atoms with E-state index >= 15 is 0 Å². The van der Waals surface area contributed by atoms with Crippen LogP contribution in [0.15, 0.2) is 30.0 Å². The molecule has 0 spiro atoms. The van der Waals surface area contributed by atoms with Crippen LogP contribution >= 0.6 is 0 Å². The van der Waals surface area contributed by atoms with Gasteiger partial charge in [0.05, 0.1) is 30.8 Å².